The highest BCUT2D eigenvalue weighted by Crippen LogP contribution is 2.42. The van der Waals surface area contributed by atoms with Crippen LogP contribution in [-0.4, -0.2) is 23.6 Å². The van der Waals surface area contributed by atoms with Crippen LogP contribution in [0.5, 0.6) is 0 Å². The predicted molar refractivity (Wildman–Crippen MR) is 74.1 cm³/mol. The van der Waals surface area contributed by atoms with Crippen molar-refractivity contribution in [3.05, 3.63) is 0 Å². The average Bonchev–Trinajstić information content (AvgIpc) is 2.15. The van der Waals surface area contributed by atoms with Crippen molar-refractivity contribution in [1.82, 2.24) is 5.32 Å². The van der Waals surface area contributed by atoms with E-state index < -0.39 is 0 Å². The Balaban J connectivity index is 1.76. The second kappa shape index (κ2) is 5.30. The Labute approximate surface area is 105 Å². The molecule has 0 aromatic rings. The molecule has 2 aliphatic rings. The minimum Gasteiger partial charge on any atom is -0.313 e. The lowest BCUT2D eigenvalue weighted by Crippen LogP contribution is -2.48. The van der Waals surface area contributed by atoms with Crippen molar-refractivity contribution in [2.24, 2.45) is 11.8 Å². The van der Waals surface area contributed by atoms with Gasteiger partial charge in [-0.25, -0.2) is 0 Å². The molecule has 0 spiro atoms. The van der Waals surface area contributed by atoms with Crippen LogP contribution in [0.25, 0.3) is 0 Å². The highest BCUT2D eigenvalue weighted by Gasteiger charge is 2.36. The normalized spacial score (nSPS) is 38.1. The van der Waals surface area contributed by atoms with Crippen LogP contribution in [-0.2, 0) is 0 Å². The summed E-state index contributed by atoms with van der Waals surface area (Å²) in [4.78, 5) is 0. The molecule has 0 saturated heterocycles. The second-order valence-electron chi connectivity index (χ2n) is 6.24. The van der Waals surface area contributed by atoms with Crippen LogP contribution >= 0.6 is 11.8 Å². The zero-order chi connectivity index (χ0) is 11.6. The van der Waals surface area contributed by atoms with Gasteiger partial charge in [0.15, 0.2) is 0 Å². The standard InChI is InChI=1S/C14H27NS/c1-11-7-12(2)9-13(8-11)15-10-14(16-3)5-4-6-14/h11-13,15H,4-10H2,1-3H3. The Morgan fingerprint density at radius 3 is 2.19 bits per heavy atom. The summed E-state index contributed by atoms with van der Waals surface area (Å²) in [7, 11) is 0. The lowest BCUT2D eigenvalue weighted by molar-refractivity contribution is 0.224. The van der Waals surface area contributed by atoms with Gasteiger partial charge in [-0.05, 0) is 50.2 Å². The van der Waals surface area contributed by atoms with Crippen LogP contribution in [0, 0.1) is 11.8 Å². The van der Waals surface area contributed by atoms with Crippen LogP contribution < -0.4 is 5.32 Å². The predicted octanol–water partition coefficient (Wildman–Crippen LogP) is 3.69. The van der Waals surface area contributed by atoms with Gasteiger partial charge < -0.3 is 5.32 Å². The molecule has 2 unspecified atom stereocenters. The number of nitrogens with one attached hydrogen (secondary N) is 1. The van der Waals surface area contributed by atoms with Gasteiger partial charge in [0.1, 0.15) is 0 Å². The van der Waals surface area contributed by atoms with Crippen LogP contribution in [0.1, 0.15) is 52.4 Å². The number of hydrogen-bond donors (Lipinski definition) is 1. The molecule has 2 heteroatoms. The molecule has 0 aromatic heterocycles. The van der Waals surface area contributed by atoms with Crippen molar-refractivity contribution in [3.63, 3.8) is 0 Å². The van der Waals surface area contributed by atoms with E-state index in [1.54, 1.807) is 0 Å². The zero-order valence-corrected chi connectivity index (χ0v) is 11.9. The van der Waals surface area contributed by atoms with Crippen molar-refractivity contribution in [2.45, 2.75) is 63.2 Å². The van der Waals surface area contributed by atoms with Crippen molar-refractivity contribution >= 4 is 11.8 Å². The lowest BCUT2D eigenvalue weighted by Gasteiger charge is -2.43. The largest absolute Gasteiger partial charge is 0.313 e. The van der Waals surface area contributed by atoms with Crippen molar-refractivity contribution in [2.75, 3.05) is 12.8 Å². The van der Waals surface area contributed by atoms with Crippen LogP contribution in [0.2, 0.25) is 0 Å². The van der Waals surface area contributed by atoms with Gasteiger partial charge in [-0.15, -0.1) is 0 Å². The first-order valence-electron chi connectivity index (χ1n) is 6.92. The number of thioether (sulfide) groups is 1. The number of rotatable bonds is 4. The molecule has 0 aromatic carbocycles. The van der Waals surface area contributed by atoms with Gasteiger partial charge in [-0.3, -0.25) is 0 Å². The molecule has 0 amide bonds. The van der Waals surface area contributed by atoms with E-state index in [9.17, 15) is 0 Å². The summed E-state index contributed by atoms with van der Waals surface area (Å²) < 4.78 is 0.601. The van der Waals surface area contributed by atoms with Gasteiger partial charge in [-0.2, -0.15) is 11.8 Å². The smallest absolute Gasteiger partial charge is 0.0281 e. The van der Waals surface area contributed by atoms with E-state index in [4.69, 9.17) is 0 Å². The second-order valence-corrected chi connectivity index (χ2v) is 7.51. The molecule has 2 atom stereocenters. The third kappa shape index (κ3) is 2.95. The van der Waals surface area contributed by atoms with E-state index >= 15 is 0 Å². The van der Waals surface area contributed by atoms with E-state index in [1.165, 1.54) is 45.1 Å². The zero-order valence-electron chi connectivity index (χ0n) is 11.1. The fourth-order valence-corrected chi connectivity index (χ4v) is 4.39. The summed E-state index contributed by atoms with van der Waals surface area (Å²) in [5, 5.41) is 3.86. The molecule has 1 N–H and O–H groups in total. The minimum absolute atomic E-state index is 0.601. The van der Waals surface area contributed by atoms with Gasteiger partial charge in [-0.1, -0.05) is 20.3 Å². The topological polar surface area (TPSA) is 12.0 Å². The monoisotopic (exact) mass is 241 g/mol. The fourth-order valence-electron chi connectivity index (χ4n) is 3.47. The molecule has 2 rings (SSSR count). The molecule has 94 valence electrons. The first-order chi connectivity index (χ1) is 7.63. The molecule has 2 fully saturated rings. The van der Waals surface area contributed by atoms with Crippen LogP contribution in [0.3, 0.4) is 0 Å². The molecule has 0 bridgehead atoms. The summed E-state index contributed by atoms with van der Waals surface area (Å²) in [6, 6.07) is 0.795. The van der Waals surface area contributed by atoms with Crippen LogP contribution in [0.4, 0.5) is 0 Å². The molecule has 0 radical (unpaired) electrons. The van der Waals surface area contributed by atoms with Crippen LogP contribution in [0.15, 0.2) is 0 Å². The third-order valence-electron chi connectivity index (χ3n) is 4.59. The Kier molecular flexibility index (Phi) is 4.23. The summed E-state index contributed by atoms with van der Waals surface area (Å²) in [6.07, 6.45) is 10.8. The maximum Gasteiger partial charge on any atom is 0.0281 e. The summed E-state index contributed by atoms with van der Waals surface area (Å²) >= 11 is 2.09. The first kappa shape index (κ1) is 12.8. The first-order valence-corrected chi connectivity index (χ1v) is 8.14. The molecular weight excluding hydrogens is 214 g/mol. The van der Waals surface area contributed by atoms with E-state index in [-0.39, 0.29) is 0 Å². The summed E-state index contributed by atoms with van der Waals surface area (Å²) in [5.74, 6) is 1.85. The van der Waals surface area contributed by atoms with E-state index in [0.717, 1.165) is 17.9 Å². The SMILES string of the molecule is CSC1(CNC2CC(C)CC(C)C2)CCC1. The minimum atomic E-state index is 0.601. The average molecular weight is 241 g/mol. The van der Waals surface area contributed by atoms with E-state index in [1.807, 2.05) is 0 Å². The maximum atomic E-state index is 3.86. The van der Waals surface area contributed by atoms with Crippen molar-refractivity contribution in [3.8, 4) is 0 Å². The molecular formula is C14H27NS. The van der Waals surface area contributed by atoms with Gasteiger partial charge in [0.25, 0.3) is 0 Å². The molecule has 0 heterocycles. The molecule has 1 nitrogen and oxygen atoms in total. The van der Waals surface area contributed by atoms with Crippen molar-refractivity contribution in [1.29, 1.82) is 0 Å². The lowest BCUT2D eigenvalue weighted by atomic mass is 9.79. The Bertz CT molecular complexity index is 209. The number of hydrogen-bond acceptors (Lipinski definition) is 2. The third-order valence-corrected chi connectivity index (χ3v) is 6.01. The Morgan fingerprint density at radius 2 is 1.75 bits per heavy atom. The Morgan fingerprint density at radius 1 is 1.12 bits per heavy atom. The highest BCUT2D eigenvalue weighted by molar-refractivity contribution is 8.00. The van der Waals surface area contributed by atoms with Crippen molar-refractivity contribution < 1.29 is 0 Å². The Hall–Kier alpha value is 0.310. The fraction of sp³-hybridized carbons (Fsp3) is 1.00. The molecule has 16 heavy (non-hydrogen) atoms. The molecule has 2 saturated carbocycles. The highest BCUT2D eigenvalue weighted by atomic mass is 32.2. The summed E-state index contributed by atoms with van der Waals surface area (Å²) in [6.45, 7) is 6.08. The van der Waals surface area contributed by atoms with E-state index in [0.29, 0.717) is 4.75 Å². The van der Waals surface area contributed by atoms with Gasteiger partial charge in [0.2, 0.25) is 0 Å². The maximum absolute atomic E-state index is 3.86. The van der Waals surface area contributed by atoms with E-state index in [2.05, 4.69) is 37.2 Å². The quantitative estimate of drug-likeness (QED) is 0.805. The molecule has 0 aliphatic heterocycles. The molecule has 2 aliphatic carbocycles. The van der Waals surface area contributed by atoms with Gasteiger partial charge in [0.05, 0.1) is 0 Å². The summed E-state index contributed by atoms with van der Waals surface area (Å²) in [5.41, 5.74) is 0. The van der Waals surface area contributed by atoms with Gasteiger partial charge >= 0.3 is 0 Å². The van der Waals surface area contributed by atoms with Gasteiger partial charge in [0, 0.05) is 17.3 Å².